The minimum absolute atomic E-state index is 0.343. The van der Waals surface area contributed by atoms with Gasteiger partial charge in [0.25, 0.3) is 6.01 Å². The van der Waals surface area contributed by atoms with E-state index < -0.39 is 0 Å². The lowest BCUT2D eigenvalue weighted by Gasteiger charge is -2.07. The summed E-state index contributed by atoms with van der Waals surface area (Å²) in [6.45, 7) is 3.67. The third-order valence-electron chi connectivity index (χ3n) is 3.38. The highest BCUT2D eigenvalue weighted by Gasteiger charge is 2.12. The molecule has 2 heterocycles. The molecule has 120 valence electrons. The van der Waals surface area contributed by atoms with Crippen LogP contribution in [0.15, 0.2) is 22.6 Å². The van der Waals surface area contributed by atoms with Crippen LogP contribution >= 0.6 is 0 Å². The summed E-state index contributed by atoms with van der Waals surface area (Å²) in [4.78, 5) is 18.2. The number of anilines is 3. The lowest BCUT2D eigenvalue weighted by molar-refractivity contribution is 0.262. The Morgan fingerprint density at radius 2 is 2.04 bits per heavy atom. The van der Waals surface area contributed by atoms with E-state index in [0.717, 1.165) is 16.9 Å². The van der Waals surface area contributed by atoms with Crippen LogP contribution in [0.1, 0.15) is 11.4 Å². The maximum Gasteiger partial charge on any atom is 0.323 e. The molecule has 0 aliphatic heterocycles. The van der Waals surface area contributed by atoms with E-state index in [4.69, 9.17) is 4.42 Å². The van der Waals surface area contributed by atoms with Crippen molar-refractivity contribution >= 4 is 34.5 Å². The van der Waals surface area contributed by atoms with Crippen LogP contribution in [0, 0.1) is 13.8 Å². The minimum atomic E-state index is -0.343. The van der Waals surface area contributed by atoms with Gasteiger partial charge in [-0.3, -0.25) is 5.10 Å². The van der Waals surface area contributed by atoms with Crippen molar-refractivity contribution in [1.82, 2.24) is 15.2 Å². The molecule has 0 aliphatic carbocycles. The third-order valence-corrected chi connectivity index (χ3v) is 3.38. The van der Waals surface area contributed by atoms with Crippen LogP contribution in [0.4, 0.5) is 22.2 Å². The van der Waals surface area contributed by atoms with Crippen LogP contribution in [0.25, 0.3) is 11.1 Å². The van der Waals surface area contributed by atoms with E-state index in [0.29, 0.717) is 23.0 Å². The maximum atomic E-state index is 12.1. The van der Waals surface area contributed by atoms with Crippen LogP contribution in [-0.2, 0) is 0 Å². The summed E-state index contributed by atoms with van der Waals surface area (Å²) in [6, 6.07) is 5.49. The van der Waals surface area contributed by atoms with Crippen molar-refractivity contribution in [1.29, 1.82) is 0 Å². The zero-order chi connectivity index (χ0) is 16.6. The van der Waals surface area contributed by atoms with E-state index in [1.165, 1.54) is 0 Å². The first-order chi connectivity index (χ1) is 10.9. The van der Waals surface area contributed by atoms with Gasteiger partial charge in [0.15, 0.2) is 5.58 Å². The van der Waals surface area contributed by atoms with Gasteiger partial charge >= 0.3 is 6.03 Å². The number of urea groups is 1. The average molecular weight is 314 g/mol. The minimum Gasteiger partial charge on any atom is -0.423 e. The first-order valence-corrected chi connectivity index (χ1v) is 7.11. The summed E-state index contributed by atoms with van der Waals surface area (Å²) in [5.74, 6) is 0. The SMILES string of the molecule is Cc1n[nH]c(C)c1NC(=O)Nc1ccc2nc(N(C)C)oc2c1. The summed E-state index contributed by atoms with van der Waals surface area (Å²) in [5.41, 5.74) is 4.19. The monoisotopic (exact) mass is 314 g/mol. The molecule has 0 fully saturated rings. The maximum absolute atomic E-state index is 12.1. The number of oxazole rings is 1. The second-order valence-corrected chi connectivity index (χ2v) is 5.46. The number of aryl methyl sites for hydroxylation is 2. The molecule has 23 heavy (non-hydrogen) atoms. The Kier molecular flexibility index (Phi) is 3.65. The Morgan fingerprint density at radius 1 is 1.26 bits per heavy atom. The highest BCUT2D eigenvalue weighted by molar-refractivity contribution is 6.01. The van der Waals surface area contributed by atoms with E-state index in [2.05, 4.69) is 25.8 Å². The molecule has 1 aromatic carbocycles. The van der Waals surface area contributed by atoms with Gasteiger partial charge in [-0.25, -0.2) is 4.79 Å². The molecule has 0 atom stereocenters. The second-order valence-electron chi connectivity index (χ2n) is 5.46. The van der Waals surface area contributed by atoms with Crippen LogP contribution in [-0.4, -0.2) is 35.3 Å². The summed E-state index contributed by atoms with van der Waals surface area (Å²) >= 11 is 0. The van der Waals surface area contributed by atoms with Crippen LogP contribution in [0.2, 0.25) is 0 Å². The number of rotatable bonds is 3. The quantitative estimate of drug-likeness (QED) is 0.690. The zero-order valence-corrected chi connectivity index (χ0v) is 13.4. The topological polar surface area (TPSA) is 99.1 Å². The molecule has 0 aliphatic rings. The molecule has 0 saturated carbocycles. The van der Waals surface area contributed by atoms with Gasteiger partial charge in [0.1, 0.15) is 5.52 Å². The predicted octanol–water partition coefficient (Wildman–Crippen LogP) is 2.88. The number of hydrogen-bond donors (Lipinski definition) is 3. The summed E-state index contributed by atoms with van der Waals surface area (Å²) in [7, 11) is 3.71. The number of amides is 2. The molecule has 8 nitrogen and oxygen atoms in total. The summed E-state index contributed by atoms with van der Waals surface area (Å²) in [6.07, 6.45) is 0. The normalized spacial score (nSPS) is 10.8. The van der Waals surface area contributed by atoms with Crippen molar-refractivity contribution in [2.45, 2.75) is 13.8 Å². The molecule has 0 bridgehead atoms. The lowest BCUT2D eigenvalue weighted by atomic mass is 10.3. The number of nitrogens with one attached hydrogen (secondary N) is 3. The number of fused-ring (bicyclic) bond motifs is 1. The molecular weight excluding hydrogens is 296 g/mol. The largest absolute Gasteiger partial charge is 0.423 e. The number of H-pyrrole nitrogens is 1. The fourth-order valence-corrected chi connectivity index (χ4v) is 2.19. The number of carbonyl (C=O) groups is 1. The van der Waals surface area contributed by atoms with Gasteiger partial charge in [0.2, 0.25) is 0 Å². The standard InChI is InChI=1S/C15H18N6O2/c1-8-13(9(2)20-19-8)18-14(22)16-10-5-6-11-12(7-10)23-15(17-11)21(3)4/h5-7H,1-4H3,(H,19,20)(H2,16,18,22). The lowest BCUT2D eigenvalue weighted by Crippen LogP contribution is -2.20. The average Bonchev–Trinajstić information content (AvgIpc) is 3.05. The number of benzene rings is 1. The molecule has 2 aromatic heterocycles. The number of hydrogen-bond acceptors (Lipinski definition) is 5. The Balaban J connectivity index is 1.77. The van der Waals surface area contributed by atoms with Crippen molar-refractivity contribution in [3.8, 4) is 0 Å². The van der Waals surface area contributed by atoms with Crippen molar-refractivity contribution in [3.05, 3.63) is 29.6 Å². The van der Waals surface area contributed by atoms with Gasteiger partial charge in [-0.2, -0.15) is 10.1 Å². The molecule has 3 N–H and O–H groups in total. The van der Waals surface area contributed by atoms with Gasteiger partial charge in [0.05, 0.1) is 17.1 Å². The van der Waals surface area contributed by atoms with Gasteiger partial charge < -0.3 is 20.0 Å². The smallest absolute Gasteiger partial charge is 0.323 e. The van der Waals surface area contributed by atoms with Crippen molar-refractivity contribution in [3.63, 3.8) is 0 Å². The Bertz CT molecular complexity index is 845. The number of aromatic amines is 1. The second kappa shape index (κ2) is 5.64. The molecule has 0 spiro atoms. The van der Waals surface area contributed by atoms with Crippen molar-refractivity contribution in [2.75, 3.05) is 29.6 Å². The van der Waals surface area contributed by atoms with E-state index in [9.17, 15) is 4.79 Å². The number of aromatic nitrogens is 3. The van der Waals surface area contributed by atoms with E-state index in [1.807, 2.05) is 27.9 Å². The van der Waals surface area contributed by atoms with E-state index in [1.54, 1.807) is 23.1 Å². The van der Waals surface area contributed by atoms with E-state index in [-0.39, 0.29) is 6.03 Å². The fourth-order valence-electron chi connectivity index (χ4n) is 2.19. The first kappa shape index (κ1) is 14.9. The van der Waals surface area contributed by atoms with Gasteiger partial charge in [0, 0.05) is 25.8 Å². The molecular formula is C15H18N6O2. The number of carbonyl (C=O) groups excluding carboxylic acids is 1. The highest BCUT2D eigenvalue weighted by Crippen LogP contribution is 2.24. The Labute approximate surface area is 132 Å². The summed E-state index contributed by atoms with van der Waals surface area (Å²) in [5, 5.41) is 12.4. The summed E-state index contributed by atoms with van der Waals surface area (Å²) < 4.78 is 5.62. The molecule has 0 saturated heterocycles. The molecule has 8 heteroatoms. The third kappa shape index (κ3) is 2.96. The fraction of sp³-hybridized carbons (Fsp3) is 0.267. The van der Waals surface area contributed by atoms with Gasteiger partial charge in [-0.05, 0) is 26.0 Å². The van der Waals surface area contributed by atoms with E-state index >= 15 is 0 Å². The predicted molar refractivity (Wildman–Crippen MR) is 89.0 cm³/mol. The van der Waals surface area contributed by atoms with Crippen LogP contribution in [0.5, 0.6) is 0 Å². The van der Waals surface area contributed by atoms with Crippen LogP contribution in [0.3, 0.4) is 0 Å². The zero-order valence-electron chi connectivity index (χ0n) is 13.4. The highest BCUT2D eigenvalue weighted by atomic mass is 16.4. The Hall–Kier alpha value is -3.03. The molecule has 2 amide bonds. The van der Waals surface area contributed by atoms with Gasteiger partial charge in [-0.15, -0.1) is 0 Å². The van der Waals surface area contributed by atoms with Crippen molar-refractivity contribution < 1.29 is 9.21 Å². The first-order valence-electron chi connectivity index (χ1n) is 7.11. The Morgan fingerprint density at radius 3 is 2.70 bits per heavy atom. The van der Waals surface area contributed by atoms with Gasteiger partial charge in [-0.1, -0.05) is 0 Å². The van der Waals surface area contributed by atoms with Crippen molar-refractivity contribution in [2.24, 2.45) is 0 Å². The molecule has 3 rings (SSSR count). The van der Waals surface area contributed by atoms with Crippen LogP contribution < -0.4 is 15.5 Å². The number of nitrogens with zero attached hydrogens (tertiary/aromatic N) is 3. The molecule has 3 aromatic rings. The molecule has 0 radical (unpaired) electrons. The molecule has 0 unspecified atom stereocenters.